The number of allylic oxidation sites excluding steroid dienone is 14. The fourth-order valence-corrected chi connectivity index (χ4v) is 6.14. The van der Waals surface area contributed by atoms with Crippen molar-refractivity contribution in [3.05, 3.63) is 175 Å². The predicted octanol–water partition coefficient (Wildman–Crippen LogP) is 11.3. The average molecular weight is 545 g/mol. The van der Waals surface area contributed by atoms with Gasteiger partial charge in [0.05, 0.1) is 0 Å². The Kier molecular flexibility index (Phi) is 15.1. The van der Waals surface area contributed by atoms with Gasteiger partial charge in [-0.3, -0.25) is 0 Å². The smallest absolute Gasteiger partial charge is 0.00780 e. The number of benzene rings is 3. The maximum atomic E-state index is 3.00. The van der Waals surface area contributed by atoms with Crippen molar-refractivity contribution in [3.63, 3.8) is 0 Å². The minimum Gasteiger partial charge on any atom is -0.106 e. The molecule has 0 fully saturated rings. The van der Waals surface area contributed by atoms with Crippen molar-refractivity contribution >= 4 is 24.0 Å². The molecule has 3 atom stereocenters. The summed E-state index contributed by atoms with van der Waals surface area (Å²) in [6.45, 7) is 16.8. The molecule has 0 aliphatic heterocycles. The third-order valence-electron chi connectivity index (χ3n) is 6.73. The summed E-state index contributed by atoms with van der Waals surface area (Å²) in [5.74, 6) is 1.25. The second-order valence-electron chi connectivity index (χ2n) is 9.48. The van der Waals surface area contributed by atoms with Crippen LogP contribution in [0.15, 0.2) is 170 Å². The summed E-state index contributed by atoms with van der Waals surface area (Å²) in [6.07, 6.45) is 26.1. The number of hydrogen-bond donors (Lipinski definition) is 0. The van der Waals surface area contributed by atoms with Crippen molar-refractivity contribution < 1.29 is 0 Å². The second-order valence-corrected chi connectivity index (χ2v) is 11.6. The number of fused-ring (bicyclic) bond motifs is 2. The topological polar surface area (TPSA) is 0 Å². The fraction of sp³-hybridized carbons (Fsp3) is 0.179. The fourth-order valence-electron chi connectivity index (χ4n) is 4.54. The van der Waals surface area contributed by atoms with Crippen molar-refractivity contribution in [1.82, 2.24) is 0 Å². The molecule has 2 aliphatic rings. The van der Waals surface area contributed by atoms with Crippen LogP contribution in [0.3, 0.4) is 0 Å². The van der Waals surface area contributed by atoms with E-state index in [4.69, 9.17) is 0 Å². The van der Waals surface area contributed by atoms with E-state index < -0.39 is 0 Å². The Labute approximate surface area is 245 Å². The lowest BCUT2D eigenvalue weighted by Gasteiger charge is -2.24. The van der Waals surface area contributed by atoms with Crippen LogP contribution in [0.5, 0.6) is 0 Å². The number of hydrogen-bond acceptors (Lipinski definition) is 0. The predicted molar refractivity (Wildman–Crippen MR) is 185 cm³/mol. The lowest BCUT2D eigenvalue weighted by molar-refractivity contribution is 0.624. The van der Waals surface area contributed by atoms with Crippen LogP contribution in [-0.2, 0) is 0 Å². The molecular weight excluding hydrogens is 499 g/mol. The van der Waals surface area contributed by atoms with Crippen LogP contribution >= 0.6 is 7.92 Å². The molecule has 0 saturated carbocycles. The summed E-state index contributed by atoms with van der Waals surface area (Å²) >= 11 is 0. The van der Waals surface area contributed by atoms with Gasteiger partial charge in [0.15, 0.2) is 0 Å². The van der Waals surface area contributed by atoms with E-state index in [2.05, 4.69) is 186 Å². The molecule has 1 heteroatoms. The van der Waals surface area contributed by atoms with Gasteiger partial charge in [-0.1, -0.05) is 151 Å². The van der Waals surface area contributed by atoms with Gasteiger partial charge in [-0.25, -0.2) is 0 Å². The third-order valence-corrected chi connectivity index (χ3v) is 8.88. The van der Waals surface area contributed by atoms with Gasteiger partial charge in [-0.2, -0.15) is 0 Å². The number of aryl methyl sites for hydroxylation is 1. The molecule has 3 unspecified atom stereocenters. The Hall–Kier alpha value is -3.73. The SMILES string of the molecule is C=C.CC1=CC=CC2C=CC=CC12.C\C=C/C(=C\C=C\C)P(C)c1ccccc1.Cc1cccc2ccccc12. The average Bonchev–Trinajstić information content (AvgIpc) is 3.02. The number of rotatable bonds is 4. The summed E-state index contributed by atoms with van der Waals surface area (Å²) in [6, 6.07) is 25.5. The highest BCUT2D eigenvalue weighted by Gasteiger charge is 2.18. The summed E-state index contributed by atoms with van der Waals surface area (Å²) in [4.78, 5) is 0. The van der Waals surface area contributed by atoms with Crippen molar-refractivity contribution in [2.45, 2.75) is 27.7 Å². The van der Waals surface area contributed by atoms with Crippen LogP contribution in [0.2, 0.25) is 0 Å². The molecule has 0 amide bonds. The zero-order chi connectivity index (χ0) is 29.2. The van der Waals surface area contributed by atoms with Crippen LogP contribution < -0.4 is 5.30 Å². The highest BCUT2D eigenvalue weighted by atomic mass is 31.1. The highest BCUT2D eigenvalue weighted by Crippen LogP contribution is 2.40. The van der Waals surface area contributed by atoms with E-state index in [0.717, 1.165) is 0 Å². The zero-order valence-electron chi connectivity index (χ0n) is 24.9. The van der Waals surface area contributed by atoms with Crippen molar-refractivity contribution in [3.8, 4) is 0 Å². The summed E-state index contributed by atoms with van der Waals surface area (Å²) in [5, 5.41) is 5.51. The van der Waals surface area contributed by atoms with Gasteiger partial charge in [0, 0.05) is 11.8 Å². The molecule has 0 spiro atoms. The lowest BCUT2D eigenvalue weighted by atomic mass is 9.80. The molecule has 0 aromatic heterocycles. The van der Waals surface area contributed by atoms with Gasteiger partial charge in [-0.05, 0) is 69.2 Å². The quantitative estimate of drug-likeness (QED) is 0.174. The Morgan fingerprint density at radius 3 is 2.08 bits per heavy atom. The van der Waals surface area contributed by atoms with E-state index in [0.29, 0.717) is 11.8 Å². The molecule has 2 aliphatic carbocycles. The zero-order valence-corrected chi connectivity index (χ0v) is 25.8. The largest absolute Gasteiger partial charge is 0.106 e. The van der Waals surface area contributed by atoms with Gasteiger partial charge in [0.25, 0.3) is 0 Å². The van der Waals surface area contributed by atoms with Gasteiger partial charge in [-0.15, -0.1) is 13.2 Å². The van der Waals surface area contributed by atoms with Gasteiger partial charge < -0.3 is 0 Å². The monoisotopic (exact) mass is 544 g/mol. The van der Waals surface area contributed by atoms with E-state index >= 15 is 0 Å². The lowest BCUT2D eigenvalue weighted by Crippen LogP contribution is -2.13. The van der Waals surface area contributed by atoms with E-state index in [1.165, 1.54) is 32.5 Å². The summed E-state index contributed by atoms with van der Waals surface area (Å²) in [5.41, 5.74) is 2.82. The Balaban J connectivity index is 0.000000208. The molecule has 0 radical (unpaired) electrons. The van der Waals surface area contributed by atoms with Crippen LogP contribution in [0.4, 0.5) is 0 Å². The van der Waals surface area contributed by atoms with Gasteiger partial charge in [0.2, 0.25) is 0 Å². The van der Waals surface area contributed by atoms with Gasteiger partial charge >= 0.3 is 0 Å². The highest BCUT2D eigenvalue weighted by molar-refractivity contribution is 7.69. The normalized spacial score (nSPS) is 18.0. The molecule has 0 saturated heterocycles. The standard InChI is InChI=1S/C15H19P.C11H12.C11H10.C2H4/c1-4-6-11-14(10-5-2)16(3)15-12-8-7-9-13-15;2*1-9-5-4-7-10-6-2-3-8-11(9)10;1-2/h4-13H,1-3H3;2-8,10-11H,1H3;2-8H,1H3;1-2H2/b6-4+,10-5-,14-11+;;;. The molecule has 3 aromatic carbocycles. The molecule has 0 N–H and O–H groups in total. The molecule has 0 heterocycles. The van der Waals surface area contributed by atoms with E-state index in [9.17, 15) is 0 Å². The maximum Gasteiger partial charge on any atom is 0.00780 e. The Morgan fingerprint density at radius 1 is 0.750 bits per heavy atom. The van der Waals surface area contributed by atoms with E-state index in [1.54, 1.807) is 0 Å². The van der Waals surface area contributed by atoms with Crippen molar-refractivity contribution in [2.75, 3.05) is 6.66 Å². The molecular formula is C39H45P. The second kappa shape index (κ2) is 18.5. The Bertz CT molecular complexity index is 1370. The third kappa shape index (κ3) is 10.1. The van der Waals surface area contributed by atoms with E-state index in [-0.39, 0.29) is 7.92 Å². The van der Waals surface area contributed by atoms with Crippen LogP contribution in [0.25, 0.3) is 10.8 Å². The molecule has 0 nitrogen and oxygen atoms in total. The van der Waals surface area contributed by atoms with Crippen LogP contribution in [0, 0.1) is 18.8 Å². The van der Waals surface area contributed by atoms with Crippen molar-refractivity contribution in [1.29, 1.82) is 0 Å². The summed E-state index contributed by atoms with van der Waals surface area (Å²) < 4.78 is 0. The first-order valence-corrected chi connectivity index (χ1v) is 15.7. The van der Waals surface area contributed by atoms with E-state index in [1.807, 2.05) is 6.92 Å². The molecule has 0 bridgehead atoms. The molecule has 3 aromatic rings. The van der Waals surface area contributed by atoms with Crippen LogP contribution in [-0.4, -0.2) is 6.66 Å². The first kappa shape index (κ1) is 32.5. The van der Waals surface area contributed by atoms with Crippen molar-refractivity contribution in [2.24, 2.45) is 11.8 Å². The first-order valence-electron chi connectivity index (χ1n) is 13.9. The maximum absolute atomic E-state index is 3.00. The molecule has 5 rings (SSSR count). The Morgan fingerprint density at radius 2 is 1.40 bits per heavy atom. The molecule has 206 valence electrons. The van der Waals surface area contributed by atoms with Gasteiger partial charge in [0.1, 0.15) is 0 Å². The van der Waals surface area contributed by atoms with Crippen LogP contribution in [0.1, 0.15) is 26.3 Å². The molecule has 40 heavy (non-hydrogen) atoms. The minimum absolute atomic E-state index is 0.234. The first-order chi connectivity index (χ1) is 19.5. The minimum atomic E-state index is -0.234. The summed E-state index contributed by atoms with van der Waals surface area (Å²) in [7, 11) is -0.234.